The van der Waals surface area contributed by atoms with Gasteiger partial charge in [0.05, 0.1) is 24.7 Å². The van der Waals surface area contributed by atoms with Crippen molar-refractivity contribution in [1.29, 1.82) is 0 Å². The molecule has 0 radical (unpaired) electrons. The van der Waals surface area contributed by atoms with Crippen LogP contribution in [0.15, 0.2) is 12.1 Å². The molecule has 2 rings (SSSR count). The second-order valence-electron chi connectivity index (χ2n) is 6.04. The van der Waals surface area contributed by atoms with Crippen molar-refractivity contribution in [2.75, 3.05) is 47.1 Å². The van der Waals surface area contributed by atoms with Crippen molar-refractivity contribution in [2.24, 2.45) is 5.92 Å². The molecule has 27 heavy (non-hydrogen) atoms. The summed E-state index contributed by atoms with van der Waals surface area (Å²) in [6.07, 6.45) is 2.08. The molecule has 1 atom stereocenters. The van der Waals surface area contributed by atoms with Crippen LogP contribution in [0.1, 0.15) is 23.2 Å². The van der Waals surface area contributed by atoms with Gasteiger partial charge in [0.1, 0.15) is 12.2 Å². The third-order valence-corrected chi connectivity index (χ3v) is 4.22. The number of carbonyl (C=O) groups is 1. The van der Waals surface area contributed by atoms with Crippen LogP contribution < -0.4 is 20.1 Å². The van der Waals surface area contributed by atoms with E-state index >= 15 is 0 Å². The first-order valence-corrected chi connectivity index (χ1v) is 8.54. The zero-order chi connectivity index (χ0) is 18.9. The van der Waals surface area contributed by atoms with Gasteiger partial charge in [0.15, 0.2) is 11.5 Å². The number of nitro benzene ring substituents is 1. The minimum Gasteiger partial charge on any atom is -0.493 e. The zero-order valence-electron chi connectivity index (χ0n) is 15.5. The Labute approximate surface area is 164 Å². The van der Waals surface area contributed by atoms with E-state index in [0.717, 1.165) is 25.9 Å². The number of amides is 1. The Hall–Kier alpha value is -2.10. The van der Waals surface area contributed by atoms with Crippen molar-refractivity contribution in [2.45, 2.75) is 12.8 Å². The van der Waals surface area contributed by atoms with Gasteiger partial charge in [-0.05, 0) is 31.8 Å². The van der Waals surface area contributed by atoms with E-state index in [2.05, 4.69) is 10.6 Å². The Balaban J connectivity index is 0.00000364. The SMILES string of the molecule is COCCOc1cc([N+](=O)[O-])c(C(=O)NCC2CCCNC2)cc1OC.Cl. The minimum absolute atomic E-state index is 0. The largest absolute Gasteiger partial charge is 0.493 e. The molecule has 1 heterocycles. The summed E-state index contributed by atoms with van der Waals surface area (Å²) < 4.78 is 15.6. The predicted octanol–water partition coefficient (Wildman–Crippen LogP) is 1.78. The van der Waals surface area contributed by atoms with Crippen LogP contribution in [-0.4, -0.2) is 57.9 Å². The fourth-order valence-electron chi connectivity index (χ4n) is 2.82. The zero-order valence-corrected chi connectivity index (χ0v) is 16.3. The van der Waals surface area contributed by atoms with Crippen molar-refractivity contribution >= 4 is 24.0 Å². The van der Waals surface area contributed by atoms with Crippen LogP contribution in [0.4, 0.5) is 5.69 Å². The molecule has 0 saturated carbocycles. The number of piperidine rings is 1. The number of halogens is 1. The molecule has 10 heteroatoms. The highest BCUT2D eigenvalue weighted by molar-refractivity contribution is 5.99. The van der Waals surface area contributed by atoms with Gasteiger partial charge in [-0.25, -0.2) is 0 Å². The van der Waals surface area contributed by atoms with Gasteiger partial charge in [0.2, 0.25) is 0 Å². The molecular formula is C17H26ClN3O6. The Bertz CT molecular complexity index is 637. The first-order chi connectivity index (χ1) is 12.6. The van der Waals surface area contributed by atoms with Gasteiger partial charge in [0.25, 0.3) is 11.6 Å². The van der Waals surface area contributed by atoms with E-state index < -0.39 is 10.8 Å². The maximum absolute atomic E-state index is 12.5. The normalized spacial score (nSPS) is 16.1. The van der Waals surface area contributed by atoms with E-state index in [-0.39, 0.29) is 41.8 Å². The van der Waals surface area contributed by atoms with Crippen molar-refractivity contribution < 1.29 is 23.9 Å². The van der Waals surface area contributed by atoms with Crippen LogP contribution in [0.3, 0.4) is 0 Å². The van der Waals surface area contributed by atoms with Gasteiger partial charge in [-0.3, -0.25) is 14.9 Å². The Kier molecular flexibility index (Phi) is 9.84. The van der Waals surface area contributed by atoms with Crippen molar-refractivity contribution in [1.82, 2.24) is 10.6 Å². The summed E-state index contributed by atoms with van der Waals surface area (Å²) >= 11 is 0. The highest BCUT2D eigenvalue weighted by atomic mass is 35.5. The number of hydrogen-bond donors (Lipinski definition) is 2. The number of ether oxygens (including phenoxy) is 3. The number of carbonyl (C=O) groups excluding carboxylic acids is 1. The molecule has 1 amide bonds. The van der Waals surface area contributed by atoms with Crippen LogP contribution >= 0.6 is 12.4 Å². The van der Waals surface area contributed by atoms with Gasteiger partial charge in [-0.15, -0.1) is 12.4 Å². The Morgan fingerprint density at radius 2 is 2.11 bits per heavy atom. The van der Waals surface area contributed by atoms with Crippen LogP contribution in [0.2, 0.25) is 0 Å². The number of nitro groups is 1. The van der Waals surface area contributed by atoms with E-state index in [1.807, 2.05) is 0 Å². The van der Waals surface area contributed by atoms with Gasteiger partial charge >= 0.3 is 0 Å². The molecule has 1 unspecified atom stereocenters. The summed E-state index contributed by atoms with van der Waals surface area (Å²) in [4.78, 5) is 23.3. The maximum Gasteiger partial charge on any atom is 0.286 e. The number of rotatable bonds is 9. The molecule has 1 saturated heterocycles. The number of methoxy groups -OCH3 is 2. The van der Waals surface area contributed by atoms with Crippen LogP contribution in [0.25, 0.3) is 0 Å². The molecule has 0 aromatic heterocycles. The molecule has 1 aliphatic heterocycles. The monoisotopic (exact) mass is 403 g/mol. The molecule has 1 aromatic carbocycles. The van der Waals surface area contributed by atoms with E-state index in [4.69, 9.17) is 14.2 Å². The van der Waals surface area contributed by atoms with Crippen LogP contribution in [0, 0.1) is 16.0 Å². The van der Waals surface area contributed by atoms with Crippen molar-refractivity contribution in [3.63, 3.8) is 0 Å². The third-order valence-electron chi connectivity index (χ3n) is 4.22. The summed E-state index contributed by atoms with van der Waals surface area (Å²) in [5.74, 6) is 0.287. The molecule has 2 N–H and O–H groups in total. The van der Waals surface area contributed by atoms with Gasteiger partial charge in [-0.1, -0.05) is 0 Å². The lowest BCUT2D eigenvalue weighted by Crippen LogP contribution is -2.38. The lowest BCUT2D eigenvalue weighted by molar-refractivity contribution is -0.385. The summed E-state index contributed by atoms with van der Waals surface area (Å²) in [5.41, 5.74) is -0.368. The lowest BCUT2D eigenvalue weighted by atomic mass is 9.99. The molecule has 0 aliphatic carbocycles. The Morgan fingerprint density at radius 3 is 2.70 bits per heavy atom. The van der Waals surface area contributed by atoms with E-state index in [9.17, 15) is 14.9 Å². The highest BCUT2D eigenvalue weighted by Gasteiger charge is 2.25. The maximum atomic E-state index is 12.5. The number of nitrogens with zero attached hydrogens (tertiary/aromatic N) is 1. The molecule has 1 aliphatic rings. The van der Waals surface area contributed by atoms with Gasteiger partial charge in [-0.2, -0.15) is 0 Å². The third kappa shape index (κ3) is 6.53. The molecule has 9 nitrogen and oxygen atoms in total. The molecule has 0 spiro atoms. The summed E-state index contributed by atoms with van der Waals surface area (Å²) in [7, 11) is 2.94. The average molecular weight is 404 g/mol. The Morgan fingerprint density at radius 1 is 1.33 bits per heavy atom. The van der Waals surface area contributed by atoms with E-state index in [0.29, 0.717) is 19.1 Å². The number of nitrogens with one attached hydrogen (secondary N) is 2. The lowest BCUT2D eigenvalue weighted by Gasteiger charge is -2.22. The van der Waals surface area contributed by atoms with Gasteiger partial charge in [0, 0.05) is 19.7 Å². The van der Waals surface area contributed by atoms with Crippen LogP contribution in [-0.2, 0) is 4.74 Å². The quantitative estimate of drug-likeness (QED) is 0.367. The fourth-order valence-corrected chi connectivity index (χ4v) is 2.82. The minimum atomic E-state index is -0.598. The highest BCUT2D eigenvalue weighted by Crippen LogP contribution is 2.34. The van der Waals surface area contributed by atoms with E-state index in [1.54, 1.807) is 0 Å². The summed E-state index contributed by atoms with van der Waals surface area (Å²) in [6, 6.07) is 2.56. The number of hydrogen-bond acceptors (Lipinski definition) is 7. The molecular weight excluding hydrogens is 378 g/mol. The second-order valence-corrected chi connectivity index (χ2v) is 6.04. The number of benzene rings is 1. The molecule has 1 aromatic rings. The second kappa shape index (κ2) is 11.6. The first kappa shape index (κ1) is 22.9. The topological polar surface area (TPSA) is 112 Å². The summed E-state index contributed by atoms with van der Waals surface area (Å²) in [5, 5.41) is 17.5. The predicted molar refractivity (Wildman–Crippen MR) is 102 cm³/mol. The smallest absolute Gasteiger partial charge is 0.286 e. The molecule has 0 bridgehead atoms. The van der Waals surface area contributed by atoms with Crippen LogP contribution in [0.5, 0.6) is 11.5 Å². The average Bonchev–Trinajstić information content (AvgIpc) is 2.66. The standard InChI is InChI=1S/C17H25N3O6.ClH/c1-24-6-7-26-16-9-14(20(22)23)13(8-15(16)25-2)17(21)19-11-12-4-3-5-18-10-12;/h8-9,12,18H,3-7,10-11H2,1-2H3,(H,19,21);1H. The van der Waals surface area contributed by atoms with Crippen molar-refractivity contribution in [3.8, 4) is 11.5 Å². The molecule has 152 valence electrons. The summed E-state index contributed by atoms with van der Waals surface area (Å²) in [6.45, 7) is 2.83. The molecule has 1 fully saturated rings. The fraction of sp³-hybridized carbons (Fsp3) is 0.588. The van der Waals surface area contributed by atoms with Gasteiger partial charge < -0.3 is 24.8 Å². The van der Waals surface area contributed by atoms with Crippen molar-refractivity contribution in [3.05, 3.63) is 27.8 Å². The van der Waals surface area contributed by atoms with E-state index in [1.165, 1.54) is 26.4 Å². The first-order valence-electron chi connectivity index (χ1n) is 8.54.